The Labute approximate surface area is 107 Å². The van der Waals surface area contributed by atoms with Crippen molar-refractivity contribution in [2.75, 3.05) is 13.7 Å². The molecule has 0 saturated carbocycles. The molecular weight excluding hydrogens is 232 g/mol. The fourth-order valence-electron chi connectivity index (χ4n) is 2.39. The minimum atomic E-state index is -0.781. The van der Waals surface area contributed by atoms with Gasteiger partial charge in [-0.05, 0) is 24.0 Å². The van der Waals surface area contributed by atoms with Crippen LogP contribution in [0, 0.1) is 5.92 Å². The van der Waals surface area contributed by atoms with Crippen LogP contribution < -0.4 is 0 Å². The van der Waals surface area contributed by atoms with E-state index in [4.69, 9.17) is 9.47 Å². The summed E-state index contributed by atoms with van der Waals surface area (Å²) in [7, 11) is 1.64. The van der Waals surface area contributed by atoms with Gasteiger partial charge in [-0.1, -0.05) is 24.3 Å². The van der Waals surface area contributed by atoms with Crippen LogP contribution in [0.4, 0.5) is 0 Å². The number of hydrogen-bond donors (Lipinski definition) is 1. The number of carboxylic acids is 1. The zero-order chi connectivity index (χ0) is 13.0. The number of rotatable bonds is 4. The second-order valence-corrected chi connectivity index (χ2v) is 4.56. The Bertz CT molecular complexity index is 416. The van der Waals surface area contributed by atoms with Gasteiger partial charge in [-0.25, -0.2) is 0 Å². The molecule has 1 fully saturated rings. The zero-order valence-corrected chi connectivity index (χ0v) is 10.5. The summed E-state index contributed by atoms with van der Waals surface area (Å²) in [6.45, 7) is 1.15. The maximum Gasteiger partial charge on any atom is 0.309 e. The minimum Gasteiger partial charge on any atom is -0.481 e. The fourth-order valence-corrected chi connectivity index (χ4v) is 2.39. The maximum atomic E-state index is 11.2. The summed E-state index contributed by atoms with van der Waals surface area (Å²) in [6, 6.07) is 7.77. The first kappa shape index (κ1) is 13.1. The lowest BCUT2D eigenvalue weighted by Crippen LogP contribution is -2.28. The van der Waals surface area contributed by atoms with E-state index in [1.165, 1.54) is 0 Å². The van der Waals surface area contributed by atoms with Crippen LogP contribution in [0.25, 0.3) is 0 Å². The predicted molar refractivity (Wildman–Crippen MR) is 66.2 cm³/mol. The highest BCUT2D eigenvalue weighted by Crippen LogP contribution is 2.34. The first-order chi connectivity index (χ1) is 8.72. The average molecular weight is 250 g/mol. The lowest BCUT2D eigenvalue weighted by atomic mass is 9.89. The van der Waals surface area contributed by atoms with Crippen LogP contribution >= 0.6 is 0 Å². The van der Waals surface area contributed by atoms with Crippen LogP contribution in [0.1, 0.15) is 30.1 Å². The summed E-state index contributed by atoms with van der Waals surface area (Å²) in [5.74, 6) is -1.23. The SMILES string of the molecule is COCc1cccc(C2OCCCC2C(=O)O)c1. The standard InChI is InChI=1S/C14H18O4/c1-17-9-10-4-2-5-11(8-10)13-12(14(15)16)6-3-7-18-13/h2,4-5,8,12-13H,3,6-7,9H2,1H3,(H,15,16). The van der Waals surface area contributed by atoms with Gasteiger partial charge in [0, 0.05) is 13.7 Å². The van der Waals surface area contributed by atoms with E-state index in [1.807, 2.05) is 24.3 Å². The first-order valence-corrected chi connectivity index (χ1v) is 6.14. The van der Waals surface area contributed by atoms with Crippen molar-refractivity contribution in [2.45, 2.75) is 25.6 Å². The van der Waals surface area contributed by atoms with Gasteiger partial charge in [0.2, 0.25) is 0 Å². The molecule has 18 heavy (non-hydrogen) atoms. The van der Waals surface area contributed by atoms with Gasteiger partial charge in [0.1, 0.15) is 0 Å². The number of methoxy groups -OCH3 is 1. The van der Waals surface area contributed by atoms with Crippen molar-refractivity contribution in [1.29, 1.82) is 0 Å². The predicted octanol–water partition coefficient (Wildman–Crippen LogP) is 2.39. The molecule has 0 spiro atoms. The summed E-state index contributed by atoms with van der Waals surface area (Å²) >= 11 is 0. The molecule has 2 rings (SSSR count). The second-order valence-electron chi connectivity index (χ2n) is 4.56. The topological polar surface area (TPSA) is 55.8 Å². The molecule has 1 aliphatic rings. The third-order valence-corrected chi connectivity index (χ3v) is 3.23. The highest BCUT2D eigenvalue weighted by molar-refractivity contribution is 5.71. The van der Waals surface area contributed by atoms with E-state index >= 15 is 0 Å². The zero-order valence-electron chi connectivity index (χ0n) is 10.5. The van der Waals surface area contributed by atoms with Crippen molar-refractivity contribution in [3.05, 3.63) is 35.4 Å². The molecular formula is C14H18O4. The summed E-state index contributed by atoms with van der Waals surface area (Å²) in [6.07, 6.45) is 1.15. The van der Waals surface area contributed by atoms with Gasteiger partial charge in [-0.15, -0.1) is 0 Å². The molecule has 4 heteroatoms. The van der Waals surface area contributed by atoms with E-state index in [0.717, 1.165) is 17.5 Å². The molecule has 1 N–H and O–H groups in total. The normalized spacial score (nSPS) is 23.8. The molecule has 0 aliphatic carbocycles. The Morgan fingerprint density at radius 1 is 1.56 bits per heavy atom. The van der Waals surface area contributed by atoms with Gasteiger partial charge in [0.05, 0.1) is 18.6 Å². The van der Waals surface area contributed by atoms with Crippen molar-refractivity contribution in [3.63, 3.8) is 0 Å². The van der Waals surface area contributed by atoms with Crippen molar-refractivity contribution in [3.8, 4) is 0 Å². The van der Waals surface area contributed by atoms with E-state index in [1.54, 1.807) is 7.11 Å². The largest absolute Gasteiger partial charge is 0.481 e. The van der Waals surface area contributed by atoms with Gasteiger partial charge in [-0.2, -0.15) is 0 Å². The summed E-state index contributed by atoms with van der Waals surface area (Å²) in [4.78, 5) is 11.2. The van der Waals surface area contributed by atoms with Gasteiger partial charge >= 0.3 is 5.97 Å². The molecule has 0 radical (unpaired) electrons. The molecule has 2 unspecified atom stereocenters. The lowest BCUT2D eigenvalue weighted by molar-refractivity contribution is -0.151. The van der Waals surface area contributed by atoms with E-state index in [2.05, 4.69) is 0 Å². The minimum absolute atomic E-state index is 0.340. The summed E-state index contributed by atoms with van der Waals surface area (Å²) < 4.78 is 10.7. The Hall–Kier alpha value is -1.39. The number of aliphatic carboxylic acids is 1. The van der Waals surface area contributed by atoms with Crippen LogP contribution in [-0.2, 0) is 20.9 Å². The van der Waals surface area contributed by atoms with E-state index < -0.39 is 11.9 Å². The van der Waals surface area contributed by atoms with Crippen LogP contribution in [0.15, 0.2) is 24.3 Å². The number of carbonyl (C=O) groups is 1. The molecule has 0 amide bonds. The molecule has 0 aromatic heterocycles. The first-order valence-electron chi connectivity index (χ1n) is 6.14. The smallest absolute Gasteiger partial charge is 0.309 e. The highest BCUT2D eigenvalue weighted by Gasteiger charge is 2.32. The third-order valence-electron chi connectivity index (χ3n) is 3.23. The van der Waals surface area contributed by atoms with E-state index in [0.29, 0.717) is 19.6 Å². The molecule has 4 nitrogen and oxygen atoms in total. The Kier molecular flexibility index (Phi) is 4.33. The molecule has 2 atom stereocenters. The van der Waals surface area contributed by atoms with Crippen LogP contribution in [0.3, 0.4) is 0 Å². The van der Waals surface area contributed by atoms with E-state index in [-0.39, 0.29) is 6.10 Å². The maximum absolute atomic E-state index is 11.2. The van der Waals surface area contributed by atoms with Gasteiger partial charge in [0.15, 0.2) is 0 Å². The Morgan fingerprint density at radius 3 is 3.11 bits per heavy atom. The number of ether oxygens (including phenoxy) is 2. The quantitative estimate of drug-likeness (QED) is 0.891. The fraction of sp³-hybridized carbons (Fsp3) is 0.500. The summed E-state index contributed by atoms with van der Waals surface area (Å²) in [5.41, 5.74) is 1.96. The molecule has 98 valence electrons. The number of carboxylic acid groups (broad SMARTS) is 1. The highest BCUT2D eigenvalue weighted by atomic mass is 16.5. The molecule has 1 aromatic carbocycles. The molecule has 1 aliphatic heterocycles. The van der Waals surface area contributed by atoms with Crippen molar-refractivity contribution in [2.24, 2.45) is 5.92 Å². The second kappa shape index (κ2) is 5.98. The van der Waals surface area contributed by atoms with Crippen LogP contribution in [-0.4, -0.2) is 24.8 Å². The van der Waals surface area contributed by atoms with E-state index in [9.17, 15) is 9.90 Å². The van der Waals surface area contributed by atoms with Crippen molar-refractivity contribution >= 4 is 5.97 Å². The van der Waals surface area contributed by atoms with Gasteiger partial charge in [0.25, 0.3) is 0 Å². The summed E-state index contributed by atoms with van der Waals surface area (Å²) in [5, 5.41) is 9.24. The van der Waals surface area contributed by atoms with Gasteiger partial charge < -0.3 is 14.6 Å². The van der Waals surface area contributed by atoms with Crippen LogP contribution in [0.5, 0.6) is 0 Å². The number of hydrogen-bond acceptors (Lipinski definition) is 3. The Morgan fingerprint density at radius 2 is 2.39 bits per heavy atom. The molecule has 1 saturated heterocycles. The molecule has 1 aromatic rings. The Balaban J connectivity index is 2.22. The van der Waals surface area contributed by atoms with Crippen molar-refractivity contribution < 1.29 is 19.4 Å². The number of benzene rings is 1. The molecule has 1 heterocycles. The molecule has 0 bridgehead atoms. The lowest BCUT2D eigenvalue weighted by Gasteiger charge is -2.29. The van der Waals surface area contributed by atoms with Crippen molar-refractivity contribution in [1.82, 2.24) is 0 Å². The van der Waals surface area contributed by atoms with Gasteiger partial charge in [-0.3, -0.25) is 4.79 Å². The van der Waals surface area contributed by atoms with Crippen LogP contribution in [0.2, 0.25) is 0 Å². The monoisotopic (exact) mass is 250 g/mol. The average Bonchev–Trinajstić information content (AvgIpc) is 2.39. The third kappa shape index (κ3) is 2.89.